The van der Waals surface area contributed by atoms with Gasteiger partial charge in [-0.15, -0.1) is 0 Å². The van der Waals surface area contributed by atoms with E-state index in [0.29, 0.717) is 37.0 Å². The molecule has 0 aromatic heterocycles. The molecule has 0 spiro atoms. The van der Waals surface area contributed by atoms with Crippen LogP contribution in [0.2, 0.25) is 0 Å². The second-order valence-electron chi connectivity index (χ2n) is 10.0. The minimum Gasteiger partial charge on any atom is -0.481 e. The van der Waals surface area contributed by atoms with Crippen molar-refractivity contribution in [3.05, 3.63) is 23.3 Å². The van der Waals surface area contributed by atoms with Gasteiger partial charge in [0.1, 0.15) is 0 Å². The second-order valence-corrected chi connectivity index (χ2v) is 10.0. The van der Waals surface area contributed by atoms with Gasteiger partial charge in [-0.05, 0) is 85.7 Å². The van der Waals surface area contributed by atoms with Crippen molar-refractivity contribution in [2.24, 2.45) is 28.6 Å². The SMILES string of the molecule is CC1=C[C@@H]2[C@H](CC[C@@]3(C)[C@H]2CC[C@]3(O)CCC(=O)O)[C@@]2(C)CCC(=O)C=C12. The molecule has 2 fully saturated rings. The maximum atomic E-state index is 12.0. The molecule has 0 aliphatic heterocycles. The van der Waals surface area contributed by atoms with Crippen molar-refractivity contribution in [1.29, 1.82) is 0 Å². The van der Waals surface area contributed by atoms with Crippen LogP contribution in [0.15, 0.2) is 23.3 Å². The lowest BCUT2D eigenvalue weighted by Crippen LogP contribution is -2.54. The number of aliphatic hydroxyl groups is 1. The van der Waals surface area contributed by atoms with E-state index in [-0.39, 0.29) is 23.0 Å². The lowest BCUT2D eigenvalue weighted by Gasteiger charge is -2.58. The Morgan fingerprint density at radius 1 is 1.19 bits per heavy atom. The van der Waals surface area contributed by atoms with E-state index in [4.69, 9.17) is 5.11 Å². The molecule has 4 rings (SSSR count). The molecule has 27 heavy (non-hydrogen) atoms. The molecule has 0 radical (unpaired) electrons. The van der Waals surface area contributed by atoms with Gasteiger partial charge in [-0.3, -0.25) is 9.59 Å². The second kappa shape index (κ2) is 6.04. The highest BCUT2D eigenvalue weighted by molar-refractivity contribution is 5.92. The highest BCUT2D eigenvalue weighted by Crippen LogP contribution is 2.67. The van der Waals surface area contributed by atoms with Crippen LogP contribution in [-0.2, 0) is 9.59 Å². The number of allylic oxidation sites excluding steroid dienone is 4. The Hall–Kier alpha value is -1.42. The lowest BCUT2D eigenvalue weighted by molar-refractivity contribution is -0.144. The fourth-order valence-electron chi connectivity index (χ4n) is 7.25. The molecule has 0 aromatic carbocycles. The Morgan fingerprint density at radius 3 is 2.59 bits per heavy atom. The third-order valence-electron chi connectivity index (χ3n) is 8.90. The molecule has 4 nitrogen and oxygen atoms in total. The van der Waals surface area contributed by atoms with Gasteiger partial charge in [-0.1, -0.05) is 25.5 Å². The smallest absolute Gasteiger partial charge is 0.303 e. The standard InChI is InChI=1S/C23H32O4/c1-14-12-16-17(21(2)8-4-15(24)13-19(14)21)5-9-22(3)18(16)6-10-23(22,27)11-7-20(25)26/h12-13,16-18,27H,4-11H2,1-3H3,(H,25,26)/t16-,17+,18+,21-,22+,23+/m1/s1. The topological polar surface area (TPSA) is 74.6 Å². The first-order chi connectivity index (χ1) is 12.6. The Morgan fingerprint density at radius 2 is 1.89 bits per heavy atom. The van der Waals surface area contributed by atoms with Crippen molar-refractivity contribution in [1.82, 2.24) is 0 Å². The summed E-state index contributed by atoms with van der Waals surface area (Å²) in [6.07, 6.45) is 9.87. The van der Waals surface area contributed by atoms with E-state index in [9.17, 15) is 14.7 Å². The molecule has 148 valence electrons. The van der Waals surface area contributed by atoms with Crippen molar-refractivity contribution in [3.63, 3.8) is 0 Å². The van der Waals surface area contributed by atoms with Gasteiger partial charge in [0.15, 0.2) is 5.78 Å². The highest BCUT2D eigenvalue weighted by atomic mass is 16.4. The molecule has 2 N–H and O–H groups in total. The fraction of sp³-hybridized carbons (Fsp3) is 0.739. The molecule has 2 saturated carbocycles. The van der Waals surface area contributed by atoms with E-state index in [1.54, 1.807) is 0 Å². The zero-order valence-electron chi connectivity index (χ0n) is 16.8. The molecule has 6 atom stereocenters. The zero-order valence-corrected chi connectivity index (χ0v) is 16.8. The summed E-state index contributed by atoms with van der Waals surface area (Å²) in [5, 5.41) is 20.6. The number of carbonyl (C=O) groups is 2. The Kier molecular flexibility index (Phi) is 4.23. The molecule has 0 saturated heterocycles. The summed E-state index contributed by atoms with van der Waals surface area (Å²) in [6.45, 7) is 6.67. The number of ketones is 1. The van der Waals surface area contributed by atoms with Gasteiger partial charge in [0.25, 0.3) is 0 Å². The number of carboxylic acids is 1. The molecule has 0 unspecified atom stereocenters. The van der Waals surface area contributed by atoms with E-state index in [1.165, 1.54) is 11.1 Å². The molecule has 0 bridgehead atoms. The summed E-state index contributed by atoms with van der Waals surface area (Å²) in [5.41, 5.74) is 1.44. The average Bonchev–Trinajstić information content (AvgIpc) is 2.87. The maximum Gasteiger partial charge on any atom is 0.303 e. The van der Waals surface area contributed by atoms with Crippen LogP contribution in [0.25, 0.3) is 0 Å². The van der Waals surface area contributed by atoms with Crippen molar-refractivity contribution in [2.75, 3.05) is 0 Å². The van der Waals surface area contributed by atoms with Crippen molar-refractivity contribution < 1.29 is 19.8 Å². The van der Waals surface area contributed by atoms with Gasteiger partial charge in [-0.25, -0.2) is 0 Å². The van der Waals surface area contributed by atoms with Gasteiger partial charge >= 0.3 is 5.97 Å². The number of carbonyl (C=O) groups excluding carboxylic acids is 1. The molecule has 4 heteroatoms. The summed E-state index contributed by atoms with van der Waals surface area (Å²) in [7, 11) is 0. The number of fused-ring (bicyclic) bond motifs is 5. The Balaban J connectivity index is 1.70. The first kappa shape index (κ1) is 18.9. The fourth-order valence-corrected chi connectivity index (χ4v) is 7.25. The first-order valence-corrected chi connectivity index (χ1v) is 10.5. The van der Waals surface area contributed by atoms with Gasteiger partial charge in [0, 0.05) is 12.8 Å². The third-order valence-corrected chi connectivity index (χ3v) is 8.90. The largest absolute Gasteiger partial charge is 0.481 e. The van der Waals surface area contributed by atoms with Crippen LogP contribution in [0.4, 0.5) is 0 Å². The predicted octanol–water partition coefficient (Wildman–Crippen LogP) is 4.28. The van der Waals surface area contributed by atoms with Gasteiger partial charge in [0.05, 0.1) is 5.60 Å². The predicted molar refractivity (Wildman–Crippen MR) is 103 cm³/mol. The van der Waals surface area contributed by atoms with Crippen LogP contribution >= 0.6 is 0 Å². The number of carboxylic acid groups (broad SMARTS) is 1. The Bertz CT molecular complexity index is 749. The summed E-state index contributed by atoms with van der Waals surface area (Å²) in [6, 6.07) is 0. The first-order valence-electron chi connectivity index (χ1n) is 10.5. The summed E-state index contributed by atoms with van der Waals surface area (Å²) in [5.74, 6) is 0.740. The summed E-state index contributed by atoms with van der Waals surface area (Å²) < 4.78 is 0. The van der Waals surface area contributed by atoms with Crippen LogP contribution in [0.3, 0.4) is 0 Å². The maximum absolute atomic E-state index is 12.0. The molecular weight excluding hydrogens is 340 g/mol. The molecule has 4 aliphatic carbocycles. The Labute approximate surface area is 161 Å². The van der Waals surface area contributed by atoms with E-state index < -0.39 is 11.6 Å². The average molecular weight is 373 g/mol. The van der Waals surface area contributed by atoms with Crippen LogP contribution in [0, 0.1) is 28.6 Å². The number of hydrogen-bond donors (Lipinski definition) is 2. The monoisotopic (exact) mass is 372 g/mol. The van der Waals surface area contributed by atoms with E-state index >= 15 is 0 Å². The van der Waals surface area contributed by atoms with E-state index in [0.717, 1.165) is 25.7 Å². The summed E-state index contributed by atoms with van der Waals surface area (Å²) in [4.78, 5) is 23.1. The van der Waals surface area contributed by atoms with Crippen LogP contribution in [0.1, 0.15) is 72.1 Å². The van der Waals surface area contributed by atoms with Crippen LogP contribution in [0.5, 0.6) is 0 Å². The lowest BCUT2D eigenvalue weighted by atomic mass is 9.47. The molecule has 4 aliphatic rings. The minimum atomic E-state index is -0.873. The van der Waals surface area contributed by atoms with Crippen LogP contribution < -0.4 is 0 Å². The zero-order chi connectivity index (χ0) is 19.6. The highest BCUT2D eigenvalue weighted by Gasteiger charge is 2.63. The van der Waals surface area contributed by atoms with Gasteiger partial charge in [0.2, 0.25) is 0 Å². The van der Waals surface area contributed by atoms with Crippen molar-refractivity contribution in [2.45, 2.75) is 77.7 Å². The summed E-state index contributed by atoms with van der Waals surface area (Å²) >= 11 is 0. The number of aliphatic carboxylic acids is 1. The molecule has 0 heterocycles. The third kappa shape index (κ3) is 2.59. The molecule has 0 aromatic rings. The molecule has 0 amide bonds. The van der Waals surface area contributed by atoms with Gasteiger partial charge in [-0.2, -0.15) is 0 Å². The van der Waals surface area contributed by atoms with E-state index in [2.05, 4.69) is 26.8 Å². The normalized spacial score (nSPS) is 46.1. The minimum absolute atomic E-state index is 0.0362. The van der Waals surface area contributed by atoms with Crippen molar-refractivity contribution >= 4 is 11.8 Å². The quantitative estimate of drug-likeness (QED) is 0.775. The van der Waals surface area contributed by atoms with Crippen molar-refractivity contribution in [3.8, 4) is 0 Å². The van der Waals surface area contributed by atoms with Gasteiger partial charge < -0.3 is 10.2 Å². The number of rotatable bonds is 3. The van der Waals surface area contributed by atoms with Crippen LogP contribution in [-0.4, -0.2) is 27.6 Å². The molecular formula is C23H32O4. The van der Waals surface area contributed by atoms with E-state index in [1.807, 2.05) is 6.08 Å². The number of hydrogen-bond acceptors (Lipinski definition) is 3.